The Morgan fingerprint density at radius 3 is 0.875 bits per heavy atom. The average molecular weight is 407 g/mol. The molecule has 0 aliphatic carbocycles. The summed E-state index contributed by atoms with van der Waals surface area (Å²) in [5, 5.41) is -0.623. The van der Waals surface area contributed by atoms with E-state index in [9.17, 15) is 60.2 Å². The van der Waals surface area contributed by atoms with Crippen molar-refractivity contribution in [3.63, 3.8) is 0 Å². The van der Waals surface area contributed by atoms with E-state index in [0.29, 0.717) is 6.42 Å². The molecule has 20 heteroatoms. The van der Waals surface area contributed by atoms with E-state index in [1.165, 1.54) is 6.92 Å². The van der Waals surface area contributed by atoms with Gasteiger partial charge in [0.1, 0.15) is 0 Å². The van der Waals surface area contributed by atoms with Crippen molar-refractivity contribution in [2.45, 2.75) is 25.5 Å². The Morgan fingerprint density at radius 2 is 0.875 bits per heavy atom. The SMILES string of the molecule is CCC(C)S(=O)(=O)O.F[B-](F)(F)F.F[B-](F)(F)F.F[B-](F)(F)F.[LiH]. The van der Waals surface area contributed by atoms with Gasteiger partial charge in [0.05, 0.1) is 5.25 Å². The zero-order valence-corrected chi connectivity index (χ0v) is 12.0. The molecule has 0 fully saturated rings. The summed E-state index contributed by atoms with van der Waals surface area (Å²) in [7, 11) is -21.8. The van der Waals surface area contributed by atoms with Gasteiger partial charge in [0.2, 0.25) is 0 Å². The summed E-state index contributed by atoms with van der Waals surface area (Å²) in [5.74, 6) is 0. The van der Waals surface area contributed by atoms with Crippen molar-refractivity contribution in [2.75, 3.05) is 0 Å². The van der Waals surface area contributed by atoms with Crippen LogP contribution in [0.3, 0.4) is 0 Å². The van der Waals surface area contributed by atoms with Crippen LogP contribution in [0.4, 0.5) is 51.8 Å². The molecule has 0 saturated carbocycles. The molecule has 0 bridgehead atoms. The number of hydrogen-bond acceptors (Lipinski definition) is 2. The molecule has 0 amide bonds. The van der Waals surface area contributed by atoms with Crippen molar-refractivity contribution in [2.24, 2.45) is 0 Å². The fraction of sp³-hybridized carbons (Fsp3) is 1.00. The second kappa shape index (κ2) is 14.1. The predicted octanol–water partition coefficient (Wildman–Crippen LogP) is 3.92. The van der Waals surface area contributed by atoms with Crippen LogP contribution in [0.2, 0.25) is 0 Å². The average Bonchev–Trinajstić information content (AvgIpc) is 2.06. The van der Waals surface area contributed by atoms with Crippen LogP contribution in [0.1, 0.15) is 20.3 Å². The Hall–Kier alpha value is -0.138. The summed E-state index contributed by atoms with van der Waals surface area (Å²) in [5.41, 5.74) is 0. The van der Waals surface area contributed by atoms with E-state index in [2.05, 4.69) is 0 Å². The van der Waals surface area contributed by atoms with E-state index in [1.807, 2.05) is 0 Å². The zero-order chi connectivity index (χ0) is 20.3. The van der Waals surface area contributed by atoms with Gasteiger partial charge in [0, 0.05) is 0 Å². The van der Waals surface area contributed by atoms with E-state index < -0.39 is 37.1 Å². The molecule has 0 saturated heterocycles. The second-order valence-corrected chi connectivity index (χ2v) is 5.05. The molecular weight excluding hydrogens is 395 g/mol. The summed E-state index contributed by atoms with van der Waals surface area (Å²) >= 11 is 0. The second-order valence-electron chi connectivity index (χ2n) is 3.22. The Bertz CT molecular complexity index is 334. The third-order valence-corrected chi connectivity index (χ3v) is 2.43. The summed E-state index contributed by atoms with van der Waals surface area (Å²) in [6.07, 6.45) is 0.457. The van der Waals surface area contributed by atoms with Crippen molar-refractivity contribution in [1.82, 2.24) is 0 Å². The molecule has 0 rings (SSSR count). The van der Waals surface area contributed by atoms with Crippen LogP contribution in [0, 0.1) is 0 Å². The van der Waals surface area contributed by atoms with Crippen LogP contribution in [0.15, 0.2) is 0 Å². The van der Waals surface area contributed by atoms with Gasteiger partial charge in [-0.3, -0.25) is 4.55 Å². The normalized spacial score (nSPS) is 12.8. The van der Waals surface area contributed by atoms with Crippen LogP contribution < -0.4 is 0 Å². The van der Waals surface area contributed by atoms with Crippen molar-refractivity contribution in [3.05, 3.63) is 0 Å². The van der Waals surface area contributed by atoms with Gasteiger partial charge in [-0.1, -0.05) is 6.92 Å². The van der Waals surface area contributed by atoms with Crippen molar-refractivity contribution in [1.29, 1.82) is 0 Å². The van der Waals surface area contributed by atoms with Crippen LogP contribution in [-0.2, 0) is 10.1 Å². The summed E-state index contributed by atoms with van der Waals surface area (Å²) in [4.78, 5) is 0. The van der Waals surface area contributed by atoms with Gasteiger partial charge >= 0.3 is 40.6 Å². The molecule has 3 nitrogen and oxygen atoms in total. The monoisotopic (exact) mass is 407 g/mol. The molecule has 0 aromatic rings. The third kappa shape index (κ3) is 154. The molecule has 0 aromatic heterocycles. The Kier molecular flexibility index (Phi) is 20.6. The molecule has 1 N–H and O–H groups in total. The molecule has 148 valence electrons. The van der Waals surface area contributed by atoms with Gasteiger partial charge in [-0.25, -0.2) is 0 Å². The van der Waals surface area contributed by atoms with Crippen LogP contribution in [0.25, 0.3) is 0 Å². The van der Waals surface area contributed by atoms with Gasteiger partial charge in [0.15, 0.2) is 0 Å². The first-order valence-electron chi connectivity index (χ1n) is 5.06. The summed E-state index contributed by atoms with van der Waals surface area (Å²) < 4.78 is 145. The van der Waals surface area contributed by atoms with Gasteiger partial charge in [0.25, 0.3) is 10.1 Å². The van der Waals surface area contributed by atoms with Gasteiger partial charge in [-0.05, 0) is 13.3 Å². The number of rotatable bonds is 2. The maximum absolute atomic E-state index is 10.1. The molecular formula is C4H11B3F12LiO3S-3. The summed E-state index contributed by atoms with van der Waals surface area (Å²) in [6, 6.07) is 0. The van der Waals surface area contributed by atoms with Crippen LogP contribution >= 0.6 is 0 Å². The topological polar surface area (TPSA) is 54.4 Å². The Balaban J connectivity index is -0.0000000677. The van der Waals surface area contributed by atoms with E-state index in [0.717, 1.165) is 0 Å². The molecule has 0 spiro atoms. The molecule has 24 heavy (non-hydrogen) atoms. The van der Waals surface area contributed by atoms with E-state index in [1.54, 1.807) is 6.92 Å². The molecule has 1 unspecified atom stereocenters. The van der Waals surface area contributed by atoms with Gasteiger partial charge in [-0.15, -0.1) is 0 Å². The van der Waals surface area contributed by atoms with Gasteiger partial charge in [-0.2, -0.15) is 8.42 Å². The van der Waals surface area contributed by atoms with Crippen molar-refractivity contribution in [3.8, 4) is 0 Å². The fourth-order valence-electron chi connectivity index (χ4n) is 0.211. The predicted molar refractivity (Wildman–Crippen MR) is 69.0 cm³/mol. The van der Waals surface area contributed by atoms with Crippen LogP contribution in [-0.4, -0.2) is 58.8 Å². The van der Waals surface area contributed by atoms with E-state index in [-0.39, 0.29) is 18.9 Å². The molecule has 0 heterocycles. The summed E-state index contributed by atoms with van der Waals surface area (Å²) in [6.45, 7) is 3.17. The first kappa shape index (κ1) is 35.1. The molecule has 0 aliphatic heterocycles. The molecule has 0 radical (unpaired) electrons. The molecule has 1 atom stereocenters. The number of hydrogen-bond donors (Lipinski definition) is 1. The van der Waals surface area contributed by atoms with Crippen molar-refractivity contribution >= 4 is 50.7 Å². The zero-order valence-electron chi connectivity index (χ0n) is 11.2. The van der Waals surface area contributed by atoms with Crippen LogP contribution in [0.5, 0.6) is 0 Å². The first-order chi connectivity index (χ1) is 9.48. The Labute approximate surface area is 141 Å². The molecule has 0 aromatic carbocycles. The standard InChI is InChI=1S/C4H10O3S.3BF4.Li.H/c1-3-4(2)8(5,6)7;3*2-1(3,4)5;;/h4H,3H2,1-2H3,(H,5,6,7);;;;;/q;3*-1;;. The first-order valence-corrected chi connectivity index (χ1v) is 6.57. The third-order valence-electron chi connectivity index (χ3n) is 1.08. The van der Waals surface area contributed by atoms with Gasteiger partial charge < -0.3 is 51.8 Å². The fourth-order valence-corrected chi connectivity index (χ4v) is 0.632. The molecule has 0 aliphatic rings. The quantitative estimate of drug-likeness (QED) is 0.430. The Morgan fingerprint density at radius 1 is 0.750 bits per heavy atom. The maximum atomic E-state index is 10.1. The van der Waals surface area contributed by atoms with E-state index in [4.69, 9.17) is 4.55 Å². The van der Waals surface area contributed by atoms with E-state index >= 15 is 0 Å². The number of halogens is 12. The van der Waals surface area contributed by atoms with Crippen molar-refractivity contribution < 1.29 is 64.8 Å². The minimum absolute atomic E-state index is 0. The minimum atomic E-state index is -6.00.